The molecule has 8 nitrogen and oxygen atoms in total. The summed E-state index contributed by atoms with van der Waals surface area (Å²) in [5.41, 5.74) is 1.50. The zero-order chi connectivity index (χ0) is 15.1. The molecule has 0 bridgehead atoms. The number of nitrogens with one attached hydrogen (secondary N) is 1. The summed E-state index contributed by atoms with van der Waals surface area (Å²) in [6.45, 7) is 6.81. The van der Waals surface area contributed by atoms with Gasteiger partial charge in [0, 0.05) is 0 Å². The summed E-state index contributed by atoms with van der Waals surface area (Å²) in [4.78, 5) is 28.6. The number of fused-ring (bicyclic) bond motifs is 1. The lowest BCUT2D eigenvalue weighted by molar-refractivity contribution is -0.191. The van der Waals surface area contributed by atoms with Crippen molar-refractivity contribution in [3.05, 3.63) is 0 Å². The van der Waals surface area contributed by atoms with Gasteiger partial charge in [-0.25, -0.2) is 5.48 Å². The first kappa shape index (κ1) is 15.4. The maximum atomic E-state index is 12.0. The number of hydroxylamine groups is 1. The summed E-state index contributed by atoms with van der Waals surface area (Å²) in [5.74, 6) is -1.81. The monoisotopic (exact) mass is 307 g/mol. The molecule has 20 heavy (non-hydrogen) atoms. The number of hydrogen-bond donors (Lipinski definition) is 1. The van der Waals surface area contributed by atoms with Crippen LogP contribution in [0.1, 0.15) is 27.7 Å². The maximum Gasteiger partial charge on any atom is 0.312 e. The molecule has 9 heteroatoms. The number of carbonyl (C=O) groups is 2. The second-order valence-corrected chi connectivity index (χ2v) is 6.45. The Morgan fingerprint density at radius 1 is 1.40 bits per heavy atom. The summed E-state index contributed by atoms with van der Waals surface area (Å²) in [7, 11) is 0. The van der Waals surface area contributed by atoms with Crippen LogP contribution in [-0.2, 0) is 38.9 Å². The smallest absolute Gasteiger partial charge is 0.312 e. The fraction of sp³-hybridized carbons (Fsp3) is 0.818. The first-order valence-corrected chi connectivity index (χ1v) is 7.13. The predicted molar refractivity (Wildman–Crippen MR) is 65.9 cm³/mol. The van der Waals surface area contributed by atoms with Gasteiger partial charge in [0.05, 0.1) is 5.92 Å². The fourth-order valence-electron chi connectivity index (χ4n) is 1.89. The summed E-state index contributed by atoms with van der Waals surface area (Å²) in [6, 6.07) is 0. The first-order chi connectivity index (χ1) is 9.19. The van der Waals surface area contributed by atoms with Crippen LogP contribution in [0.3, 0.4) is 0 Å². The Balaban J connectivity index is 2.10. The highest BCUT2D eigenvalue weighted by Crippen LogP contribution is 2.30. The minimum atomic E-state index is -2.03. The molecule has 5 atom stereocenters. The SMILES string of the molecule is CC(C(=O)OC(C)(C)C)C1ONC(=O)[C@@H]2OS(=O)O[C@H]12. The molecule has 0 aromatic rings. The van der Waals surface area contributed by atoms with Crippen molar-refractivity contribution in [1.29, 1.82) is 0 Å². The van der Waals surface area contributed by atoms with E-state index < -0.39 is 53.1 Å². The summed E-state index contributed by atoms with van der Waals surface area (Å²) in [6.07, 6.45) is -2.80. The molecule has 2 rings (SSSR count). The normalized spacial score (nSPS) is 35.1. The van der Waals surface area contributed by atoms with E-state index in [0.717, 1.165) is 0 Å². The number of esters is 1. The van der Waals surface area contributed by atoms with Crippen LogP contribution in [0.5, 0.6) is 0 Å². The van der Waals surface area contributed by atoms with E-state index in [2.05, 4.69) is 5.48 Å². The van der Waals surface area contributed by atoms with E-state index in [0.29, 0.717) is 0 Å². The van der Waals surface area contributed by atoms with E-state index in [4.69, 9.17) is 17.9 Å². The summed E-state index contributed by atoms with van der Waals surface area (Å²) in [5, 5.41) is 0. The molecule has 2 fully saturated rings. The number of amides is 1. The lowest BCUT2D eigenvalue weighted by Crippen LogP contribution is -2.57. The van der Waals surface area contributed by atoms with Gasteiger partial charge in [-0.05, 0) is 27.7 Å². The third kappa shape index (κ3) is 3.17. The number of ether oxygens (including phenoxy) is 1. The molecular weight excluding hydrogens is 290 g/mol. The Hall–Kier alpha value is -1.03. The summed E-state index contributed by atoms with van der Waals surface area (Å²) < 4.78 is 26.3. The van der Waals surface area contributed by atoms with Crippen molar-refractivity contribution in [2.45, 2.75) is 51.6 Å². The quantitative estimate of drug-likeness (QED) is 0.702. The van der Waals surface area contributed by atoms with Crippen molar-refractivity contribution in [1.82, 2.24) is 5.48 Å². The second-order valence-electron chi connectivity index (χ2n) is 5.65. The predicted octanol–water partition coefficient (Wildman–Crippen LogP) is -0.243. The van der Waals surface area contributed by atoms with Crippen molar-refractivity contribution in [3.63, 3.8) is 0 Å². The molecule has 0 aliphatic carbocycles. The molecule has 1 amide bonds. The van der Waals surface area contributed by atoms with Crippen LogP contribution < -0.4 is 5.48 Å². The van der Waals surface area contributed by atoms with Gasteiger partial charge in [0.2, 0.25) is 0 Å². The molecule has 0 aromatic carbocycles. The van der Waals surface area contributed by atoms with Gasteiger partial charge in [-0.2, -0.15) is 4.21 Å². The average molecular weight is 307 g/mol. The third-order valence-electron chi connectivity index (χ3n) is 2.82. The van der Waals surface area contributed by atoms with E-state index in [-0.39, 0.29) is 0 Å². The van der Waals surface area contributed by atoms with Crippen molar-refractivity contribution < 1.29 is 31.7 Å². The molecular formula is C11H17NO7S. The van der Waals surface area contributed by atoms with Gasteiger partial charge in [0.25, 0.3) is 5.91 Å². The molecule has 0 saturated carbocycles. The second kappa shape index (κ2) is 5.40. The number of hydrogen-bond acceptors (Lipinski definition) is 7. The van der Waals surface area contributed by atoms with Crippen LogP contribution in [0, 0.1) is 5.92 Å². The Labute approximate surface area is 118 Å². The highest BCUT2D eigenvalue weighted by atomic mass is 32.2. The molecule has 2 aliphatic heterocycles. The lowest BCUT2D eigenvalue weighted by Gasteiger charge is -2.33. The third-order valence-corrected chi connectivity index (χ3v) is 3.56. The molecule has 2 heterocycles. The van der Waals surface area contributed by atoms with Crippen LogP contribution in [0.4, 0.5) is 0 Å². The first-order valence-electron chi connectivity index (χ1n) is 6.13. The van der Waals surface area contributed by atoms with Gasteiger partial charge >= 0.3 is 17.3 Å². The highest BCUT2D eigenvalue weighted by molar-refractivity contribution is 7.75. The maximum absolute atomic E-state index is 12.0. The molecule has 0 aromatic heterocycles. The van der Waals surface area contributed by atoms with Crippen molar-refractivity contribution in [3.8, 4) is 0 Å². The highest BCUT2D eigenvalue weighted by Gasteiger charge is 2.52. The van der Waals surface area contributed by atoms with Gasteiger partial charge < -0.3 is 4.74 Å². The van der Waals surface area contributed by atoms with Crippen molar-refractivity contribution in [2.24, 2.45) is 5.92 Å². The van der Waals surface area contributed by atoms with E-state index in [1.165, 1.54) is 0 Å². The Bertz CT molecular complexity index is 447. The van der Waals surface area contributed by atoms with Gasteiger partial charge in [0.15, 0.2) is 6.10 Å². The Kier molecular flexibility index (Phi) is 4.14. The fourth-order valence-corrected chi connectivity index (χ4v) is 2.69. The molecule has 114 valence electrons. The zero-order valence-electron chi connectivity index (χ0n) is 11.6. The Morgan fingerprint density at radius 2 is 2.05 bits per heavy atom. The van der Waals surface area contributed by atoms with Gasteiger partial charge in [0.1, 0.15) is 17.8 Å². The van der Waals surface area contributed by atoms with Crippen molar-refractivity contribution >= 4 is 23.2 Å². The van der Waals surface area contributed by atoms with Gasteiger partial charge in [-0.15, -0.1) is 0 Å². The summed E-state index contributed by atoms with van der Waals surface area (Å²) >= 11 is -2.03. The number of rotatable bonds is 2. The topological polar surface area (TPSA) is 100 Å². The van der Waals surface area contributed by atoms with Gasteiger partial charge in [-0.3, -0.25) is 22.8 Å². The van der Waals surface area contributed by atoms with Crippen LogP contribution in [0.15, 0.2) is 0 Å². The van der Waals surface area contributed by atoms with E-state index in [9.17, 15) is 13.8 Å². The molecule has 2 saturated heterocycles. The van der Waals surface area contributed by atoms with Crippen molar-refractivity contribution in [2.75, 3.05) is 0 Å². The van der Waals surface area contributed by atoms with Crippen LogP contribution in [0.25, 0.3) is 0 Å². The standard InChI is InChI=1S/C11H17NO7S/c1-5(10(14)16-11(2,3)4)6-7-8(9(13)12-17-6)19-20(15)18-7/h5-8H,1-4H3,(H,12,13)/t5?,6?,7-,8-,20?/m1/s1. The molecule has 0 spiro atoms. The average Bonchev–Trinajstić information content (AvgIpc) is 2.69. The minimum absolute atomic E-state index is 0.501. The van der Waals surface area contributed by atoms with E-state index >= 15 is 0 Å². The zero-order valence-corrected chi connectivity index (χ0v) is 12.4. The number of carbonyl (C=O) groups excluding carboxylic acids is 2. The molecule has 3 unspecified atom stereocenters. The van der Waals surface area contributed by atoms with Crippen LogP contribution in [0.2, 0.25) is 0 Å². The van der Waals surface area contributed by atoms with E-state index in [1.807, 2.05) is 0 Å². The van der Waals surface area contributed by atoms with Crippen LogP contribution >= 0.6 is 0 Å². The van der Waals surface area contributed by atoms with E-state index in [1.54, 1.807) is 27.7 Å². The largest absolute Gasteiger partial charge is 0.460 e. The Morgan fingerprint density at radius 3 is 2.65 bits per heavy atom. The van der Waals surface area contributed by atoms with Gasteiger partial charge in [-0.1, -0.05) is 0 Å². The molecule has 1 N–H and O–H groups in total. The lowest BCUT2D eigenvalue weighted by atomic mass is 9.95. The van der Waals surface area contributed by atoms with Crippen LogP contribution in [-0.4, -0.2) is 40.0 Å². The minimum Gasteiger partial charge on any atom is -0.460 e. The molecule has 2 aliphatic rings. The molecule has 0 radical (unpaired) electrons.